The minimum absolute atomic E-state index is 0.316. The number of benzene rings is 2. The monoisotopic (exact) mass is 471 g/mol. The Kier molecular flexibility index (Phi) is 6.85. The summed E-state index contributed by atoms with van der Waals surface area (Å²) in [6.45, 7) is 4.21. The number of piperidine rings is 1. The summed E-state index contributed by atoms with van der Waals surface area (Å²) in [7, 11) is 0. The summed E-state index contributed by atoms with van der Waals surface area (Å²) in [5.74, 6) is 1.22. The predicted molar refractivity (Wildman–Crippen MR) is 124 cm³/mol. The van der Waals surface area contributed by atoms with Crippen LogP contribution in [-0.2, 0) is 0 Å². The van der Waals surface area contributed by atoms with E-state index in [0.717, 1.165) is 55.4 Å². The first-order chi connectivity index (χ1) is 16.2. The average molecular weight is 471 g/mol. The van der Waals surface area contributed by atoms with Crippen LogP contribution in [0, 0.1) is 5.92 Å². The highest BCUT2D eigenvalue weighted by atomic mass is 19.4. The van der Waals surface area contributed by atoms with Gasteiger partial charge in [0.15, 0.2) is 5.82 Å². The first-order valence-electron chi connectivity index (χ1n) is 10.9. The highest BCUT2D eigenvalue weighted by molar-refractivity contribution is 6.00. The lowest BCUT2D eigenvalue weighted by atomic mass is 9.99. The number of rotatable bonds is 5. The van der Waals surface area contributed by atoms with Crippen LogP contribution in [0.1, 0.15) is 19.8 Å². The van der Waals surface area contributed by atoms with Gasteiger partial charge in [-0.3, -0.25) is 0 Å². The summed E-state index contributed by atoms with van der Waals surface area (Å²) < 4.78 is 40.6. The standard InChI is InChI=1S/C24H24F3N5O2/c1-16-11-13-32(14-12-16)22-10-9-21(30-31-22)17-3-2-4-19(15-17)29-23(33)28-18-5-7-20(8-6-18)34-24(25,26)27/h2-10,15-16H,11-14H2,1H3,(H2,28,29,33). The molecule has 178 valence electrons. The molecule has 0 aliphatic carbocycles. The van der Waals surface area contributed by atoms with Gasteiger partial charge >= 0.3 is 12.4 Å². The Morgan fingerprint density at radius 2 is 1.68 bits per heavy atom. The third kappa shape index (κ3) is 6.37. The van der Waals surface area contributed by atoms with E-state index >= 15 is 0 Å². The molecule has 34 heavy (non-hydrogen) atoms. The number of hydrogen-bond acceptors (Lipinski definition) is 5. The normalized spacial score (nSPS) is 14.5. The number of aromatic nitrogens is 2. The van der Waals surface area contributed by atoms with Gasteiger partial charge in [0.1, 0.15) is 5.75 Å². The maximum Gasteiger partial charge on any atom is 0.573 e. The van der Waals surface area contributed by atoms with E-state index in [1.807, 2.05) is 18.2 Å². The molecule has 2 amide bonds. The second-order valence-electron chi connectivity index (χ2n) is 8.18. The highest BCUT2D eigenvalue weighted by Crippen LogP contribution is 2.26. The molecule has 2 heterocycles. The maximum atomic E-state index is 12.3. The van der Waals surface area contributed by atoms with Crippen LogP contribution in [0.4, 0.5) is 35.2 Å². The number of alkyl halides is 3. The summed E-state index contributed by atoms with van der Waals surface area (Å²) >= 11 is 0. The summed E-state index contributed by atoms with van der Waals surface area (Å²) in [6, 6.07) is 15.3. The van der Waals surface area contributed by atoms with Gasteiger partial charge < -0.3 is 20.3 Å². The van der Waals surface area contributed by atoms with Crippen LogP contribution >= 0.6 is 0 Å². The van der Waals surface area contributed by atoms with E-state index in [-0.39, 0.29) is 5.75 Å². The van der Waals surface area contributed by atoms with Gasteiger partial charge in [-0.25, -0.2) is 4.79 Å². The van der Waals surface area contributed by atoms with Crippen LogP contribution in [0.15, 0.2) is 60.7 Å². The Morgan fingerprint density at radius 1 is 0.971 bits per heavy atom. The van der Waals surface area contributed by atoms with Gasteiger partial charge in [-0.05, 0) is 67.3 Å². The molecule has 3 aromatic rings. The van der Waals surface area contributed by atoms with Crippen molar-refractivity contribution in [1.29, 1.82) is 0 Å². The predicted octanol–water partition coefficient (Wildman–Crippen LogP) is 5.92. The van der Waals surface area contributed by atoms with E-state index in [0.29, 0.717) is 17.1 Å². The fourth-order valence-corrected chi connectivity index (χ4v) is 3.68. The summed E-state index contributed by atoms with van der Waals surface area (Å²) in [4.78, 5) is 14.6. The van der Waals surface area contributed by atoms with Gasteiger partial charge in [0.05, 0.1) is 5.69 Å². The Hall–Kier alpha value is -3.82. The zero-order valence-corrected chi connectivity index (χ0v) is 18.5. The Balaban J connectivity index is 1.36. The summed E-state index contributed by atoms with van der Waals surface area (Å²) in [5.41, 5.74) is 2.32. The lowest BCUT2D eigenvalue weighted by Crippen LogP contribution is -2.33. The lowest BCUT2D eigenvalue weighted by Gasteiger charge is -2.30. The second kappa shape index (κ2) is 9.98. The van der Waals surface area contributed by atoms with Crippen LogP contribution in [0.2, 0.25) is 0 Å². The molecule has 7 nitrogen and oxygen atoms in total. The molecular weight excluding hydrogens is 447 g/mol. The first kappa shape index (κ1) is 23.3. The van der Waals surface area contributed by atoms with Crippen LogP contribution in [0.5, 0.6) is 5.75 Å². The molecule has 10 heteroatoms. The van der Waals surface area contributed by atoms with Crippen LogP contribution < -0.4 is 20.3 Å². The van der Waals surface area contributed by atoms with Crippen molar-refractivity contribution in [3.63, 3.8) is 0 Å². The molecule has 0 atom stereocenters. The topological polar surface area (TPSA) is 79.4 Å². The minimum Gasteiger partial charge on any atom is -0.406 e. The minimum atomic E-state index is -4.77. The first-order valence-corrected chi connectivity index (χ1v) is 10.9. The fraction of sp³-hybridized carbons (Fsp3) is 0.292. The molecule has 0 saturated carbocycles. The molecule has 1 saturated heterocycles. The van der Waals surface area contributed by atoms with Crippen molar-refractivity contribution in [2.24, 2.45) is 5.92 Å². The third-order valence-corrected chi connectivity index (χ3v) is 5.52. The van der Waals surface area contributed by atoms with Crippen molar-refractivity contribution < 1.29 is 22.7 Å². The molecule has 4 rings (SSSR count). The van der Waals surface area contributed by atoms with E-state index < -0.39 is 12.4 Å². The average Bonchev–Trinajstić information content (AvgIpc) is 2.80. The van der Waals surface area contributed by atoms with E-state index in [1.165, 1.54) is 12.1 Å². The number of carbonyl (C=O) groups is 1. The number of amides is 2. The van der Waals surface area contributed by atoms with Gasteiger partial charge in [0, 0.05) is 30.0 Å². The van der Waals surface area contributed by atoms with Crippen molar-refractivity contribution >= 4 is 23.2 Å². The fourth-order valence-electron chi connectivity index (χ4n) is 3.68. The van der Waals surface area contributed by atoms with E-state index in [4.69, 9.17) is 0 Å². The third-order valence-electron chi connectivity index (χ3n) is 5.52. The largest absolute Gasteiger partial charge is 0.573 e. The molecule has 1 aliphatic rings. The highest BCUT2D eigenvalue weighted by Gasteiger charge is 2.31. The smallest absolute Gasteiger partial charge is 0.406 e. The Morgan fingerprint density at radius 3 is 2.32 bits per heavy atom. The molecule has 0 radical (unpaired) electrons. The van der Waals surface area contributed by atoms with Crippen LogP contribution in [0.3, 0.4) is 0 Å². The zero-order valence-electron chi connectivity index (χ0n) is 18.5. The van der Waals surface area contributed by atoms with Crippen molar-refractivity contribution in [2.75, 3.05) is 28.6 Å². The van der Waals surface area contributed by atoms with Crippen LogP contribution in [0.25, 0.3) is 11.3 Å². The quantitative estimate of drug-likeness (QED) is 0.483. The molecule has 2 aromatic carbocycles. The number of nitrogens with zero attached hydrogens (tertiary/aromatic N) is 3. The number of ether oxygens (including phenoxy) is 1. The van der Waals surface area contributed by atoms with E-state index in [9.17, 15) is 18.0 Å². The van der Waals surface area contributed by atoms with Crippen molar-refractivity contribution in [3.05, 3.63) is 60.7 Å². The van der Waals surface area contributed by atoms with E-state index in [1.54, 1.807) is 18.2 Å². The molecule has 1 fully saturated rings. The van der Waals surface area contributed by atoms with Gasteiger partial charge in [-0.15, -0.1) is 23.4 Å². The summed E-state index contributed by atoms with van der Waals surface area (Å²) in [5, 5.41) is 14.0. The van der Waals surface area contributed by atoms with Gasteiger partial charge in [-0.2, -0.15) is 0 Å². The number of urea groups is 1. The van der Waals surface area contributed by atoms with Gasteiger partial charge in [0.2, 0.25) is 0 Å². The zero-order chi connectivity index (χ0) is 24.1. The Bertz CT molecular complexity index is 1110. The van der Waals surface area contributed by atoms with Gasteiger partial charge in [0.25, 0.3) is 0 Å². The molecule has 0 spiro atoms. The second-order valence-corrected chi connectivity index (χ2v) is 8.18. The summed E-state index contributed by atoms with van der Waals surface area (Å²) in [6.07, 6.45) is -2.48. The Labute approximate surface area is 194 Å². The van der Waals surface area contributed by atoms with Crippen LogP contribution in [-0.4, -0.2) is 35.7 Å². The van der Waals surface area contributed by atoms with Gasteiger partial charge in [-0.1, -0.05) is 19.1 Å². The number of halogens is 3. The molecule has 1 aliphatic heterocycles. The molecule has 0 bridgehead atoms. The number of carbonyl (C=O) groups excluding carboxylic acids is 1. The molecule has 1 aromatic heterocycles. The molecular formula is C24H24F3N5O2. The molecule has 2 N–H and O–H groups in total. The number of nitrogens with one attached hydrogen (secondary N) is 2. The maximum absolute atomic E-state index is 12.3. The lowest BCUT2D eigenvalue weighted by molar-refractivity contribution is -0.274. The van der Waals surface area contributed by atoms with Crippen molar-refractivity contribution in [2.45, 2.75) is 26.1 Å². The SMILES string of the molecule is CC1CCN(c2ccc(-c3cccc(NC(=O)Nc4ccc(OC(F)(F)F)cc4)c3)nn2)CC1. The van der Waals surface area contributed by atoms with Crippen molar-refractivity contribution in [3.8, 4) is 17.0 Å². The van der Waals surface area contributed by atoms with E-state index in [2.05, 4.69) is 37.4 Å². The number of hydrogen-bond donors (Lipinski definition) is 2. The van der Waals surface area contributed by atoms with Crippen molar-refractivity contribution in [1.82, 2.24) is 10.2 Å². The number of anilines is 3. The molecule has 0 unspecified atom stereocenters.